The Morgan fingerprint density at radius 2 is 1.79 bits per heavy atom. The van der Waals surface area contributed by atoms with Crippen LogP contribution in [0.15, 0.2) is 84.3 Å². The molecule has 2 heterocycles. The molecule has 0 saturated carbocycles. The molecule has 1 N–H and O–H groups in total. The molecule has 0 aliphatic rings. The van der Waals surface area contributed by atoms with Gasteiger partial charge in [0.2, 0.25) is 5.91 Å². The van der Waals surface area contributed by atoms with E-state index in [0.29, 0.717) is 11.7 Å². The number of anilines is 2. The molecule has 0 aliphatic heterocycles. The zero-order chi connectivity index (χ0) is 23.2. The van der Waals surface area contributed by atoms with Crippen LogP contribution < -0.4 is 10.2 Å². The quantitative estimate of drug-likeness (QED) is 0.390. The minimum Gasteiger partial charge on any atom is -0.378 e. The molecule has 8 heteroatoms. The number of thioether (sulfide) groups is 1. The Morgan fingerprint density at radius 3 is 2.45 bits per heavy atom. The number of amides is 1. The van der Waals surface area contributed by atoms with E-state index in [1.165, 1.54) is 11.8 Å². The summed E-state index contributed by atoms with van der Waals surface area (Å²) in [5.74, 6) is 0.635. The molecule has 7 nitrogen and oxygen atoms in total. The molecule has 0 aliphatic carbocycles. The molecule has 2 aromatic heterocycles. The van der Waals surface area contributed by atoms with Crippen LogP contribution in [-0.4, -0.2) is 45.0 Å². The maximum atomic E-state index is 12.9. The van der Waals surface area contributed by atoms with E-state index in [1.807, 2.05) is 85.1 Å². The number of aromatic nitrogens is 4. The van der Waals surface area contributed by atoms with E-state index in [2.05, 4.69) is 32.6 Å². The molecule has 0 radical (unpaired) electrons. The number of benzene rings is 2. The summed E-state index contributed by atoms with van der Waals surface area (Å²) in [6.07, 6.45) is 3.50. The first-order chi connectivity index (χ1) is 16.0. The van der Waals surface area contributed by atoms with Crippen molar-refractivity contribution >= 4 is 29.0 Å². The smallest absolute Gasteiger partial charge is 0.237 e. The number of nitrogens with one attached hydrogen (secondary N) is 1. The molecule has 168 valence electrons. The third-order valence-corrected chi connectivity index (χ3v) is 6.20. The van der Waals surface area contributed by atoms with Gasteiger partial charge in [0.15, 0.2) is 11.0 Å². The van der Waals surface area contributed by atoms with Gasteiger partial charge in [-0.25, -0.2) is 0 Å². The third-order valence-electron chi connectivity index (χ3n) is 5.12. The van der Waals surface area contributed by atoms with Gasteiger partial charge in [0.1, 0.15) is 0 Å². The summed E-state index contributed by atoms with van der Waals surface area (Å²) < 4.78 is 2.03. The zero-order valence-electron chi connectivity index (χ0n) is 18.8. The molecule has 1 unspecified atom stereocenters. The Labute approximate surface area is 197 Å². The van der Waals surface area contributed by atoms with Crippen molar-refractivity contribution in [3.63, 3.8) is 0 Å². The lowest BCUT2D eigenvalue weighted by atomic mass is 10.2. The van der Waals surface area contributed by atoms with Crippen LogP contribution >= 0.6 is 11.8 Å². The molecular weight excluding hydrogens is 432 g/mol. The molecule has 0 bridgehead atoms. The minimum absolute atomic E-state index is 0.0882. The van der Waals surface area contributed by atoms with Crippen LogP contribution in [0.5, 0.6) is 0 Å². The number of pyridine rings is 1. The van der Waals surface area contributed by atoms with Crippen molar-refractivity contribution in [3.05, 3.63) is 84.7 Å². The van der Waals surface area contributed by atoms with E-state index in [1.54, 1.807) is 12.4 Å². The van der Waals surface area contributed by atoms with E-state index in [-0.39, 0.29) is 11.2 Å². The summed E-state index contributed by atoms with van der Waals surface area (Å²) in [6.45, 7) is 2.47. The number of hydrogen-bond donors (Lipinski definition) is 1. The van der Waals surface area contributed by atoms with Crippen LogP contribution in [0.25, 0.3) is 11.4 Å². The predicted molar refractivity (Wildman–Crippen MR) is 134 cm³/mol. The molecule has 4 aromatic rings. The van der Waals surface area contributed by atoms with Crippen LogP contribution in [0.1, 0.15) is 12.5 Å². The molecule has 2 aromatic carbocycles. The van der Waals surface area contributed by atoms with Crippen LogP contribution in [0.3, 0.4) is 0 Å². The van der Waals surface area contributed by atoms with Crippen molar-refractivity contribution in [1.29, 1.82) is 0 Å². The van der Waals surface area contributed by atoms with Crippen molar-refractivity contribution in [2.75, 3.05) is 24.3 Å². The highest BCUT2D eigenvalue weighted by Gasteiger charge is 2.21. The highest BCUT2D eigenvalue weighted by Crippen LogP contribution is 2.28. The van der Waals surface area contributed by atoms with Gasteiger partial charge in [0.25, 0.3) is 0 Å². The Bertz CT molecular complexity index is 1190. The van der Waals surface area contributed by atoms with E-state index < -0.39 is 0 Å². The summed E-state index contributed by atoms with van der Waals surface area (Å²) in [4.78, 5) is 19.1. The Kier molecular flexibility index (Phi) is 7.04. The molecule has 0 spiro atoms. The van der Waals surface area contributed by atoms with Gasteiger partial charge < -0.3 is 10.2 Å². The molecule has 33 heavy (non-hydrogen) atoms. The largest absolute Gasteiger partial charge is 0.378 e. The van der Waals surface area contributed by atoms with Gasteiger partial charge in [0, 0.05) is 43.4 Å². The van der Waals surface area contributed by atoms with Gasteiger partial charge in [-0.3, -0.25) is 14.3 Å². The Balaban J connectivity index is 1.54. The van der Waals surface area contributed by atoms with Crippen LogP contribution in [0.4, 0.5) is 11.4 Å². The number of carbonyl (C=O) groups excluding carboxylic acids is 1. The van der Waals surface area contributed by atoms with Gasteiger partial charge in [-0.05, 0) is 48.9 Å². The monoisotopic (exact) mass is 458 g/mol. The SMILES string of the molecule is CC(Sc1nnc(-c2cccnc2)n1Cc1ccccc1)C(=O)Nc1ccc(N(C)C)cc1. The fraction of sp³-hybridized carbons (Fsp3) is 0.200. The van der Waals surface area contributed by atoms with Gasteiger partial charge in [0.05, 0.1) is 11.8 Å². The number of rotatable bonds is 8. The molecule has 4 rings (SSSR count). The lowest BCUT2D eigenvalue weighted by Gasteiger charge is -2.15. The standard InChI is InChI=1S/C25H26N6OS/c1-18(24(32)27-21-11-13-22(14-12-21)30(2)3)33-25-29-28-23(20-10-7-15-26-16-20)31(25)17-19-8-5-4-6-9-19/h4-16,18H,17H2,1-3H3,(H,27,32). The average Bonchev–Trinajstić information content (AvgIpc) is 3.22. The number of hydrogen-bond acceptors (Lipinski definition) is 6. The summed E-state index contributed by atoms with van der Waals surface area (Å²) >= 11 is 1.39. The zero-order valence-corrected chi connectivity index (χ0v) is 19.7. The molecule has 0 saturated heterocycles. The van der Waals surface area contributed by atoms with E-state index in [0.717, 1.165) is 28.3 Å². The molecular formula is C25H26N6OS. The second-order valence-corrected chi connectivity index (χ2v) is 9.12. The van der Waals surface area contributed by atoms with Crippen molar-refractivity contribution in [1.82, 2.24) is 19.7 Å². The average molecular weight is 459 g/mol. The van der Waals surface area contributed by atoms with Crippen molar-refractivity contribution < 1.29 is 4.79 Å². The first-order valence-corrected chi connectivity index (χ1v) is 11.5. The number of carbonyl (C=O) groups is 1. The minimum atomic E-state index is -0.362. The normalized spacial score (nSPS) is 11.7. The van der Waals surface area contributed by atoms with Crippen molar-refractivity contribution in [2.24, 2.45) is 0 Å². The van der Waals surface area contributed by atoms with Gasteiger partial charge >= 0.3 is 0 Å². The third kappa shape index (κ3) is 5.59. The second kappa shape index (κ2) is 10.3. The van der Waals surface area contributed by atoms with E-state index >= 15 is 0 Å². The second-order valence-electron chi connectivity index (χ2n) is 7.81. The summed E-state index contributed by atoms with van der Waals surface area (Å²) in [5, 5.41) is 12.1. The van der Waals surface area contributed by atoms with Crippen molar-refractivity contribution in [2.45, 2.75) is 23.9 Å². The first kappa shape index (κ1) is 22.5. The maximum absolute atomic E-state index is 12.9. The van der Waals surface area contributed by atoms with E-state index in [4.69, 9.17) is 0 Å². The lowest BCUT2D eigenvalue weighted by Crippen LogP contribution is -2.23. The van der Waals surface area contributed by atoms with Crippen molar-refractivity contribution in [3.8, 4) is 11.4 Å². The Hall–Kier alpha value is -3.65. The van der Waals surface area contributed by atoms with Gasteiger partial charge in [-0.2, -0.15) is 0 Å². The molecule has 1 atom stereocenters. The lowest BCUT2D eigenvalue weighted by molar-refractivity contribution is -0.115. The fourth-order valence-corrected chi connectivity index (χ4v) is 4.14. The van der Waals surface area contributed by atoms with Crippen LogP contribution in [0.2, 0.25) is 0 Å². The summed E-state index contributed by atoms with van der Waals surface area (Å²) in [5.41, 5.74) is 3.85. The highest BCUT2D eigenvalue weighted by molar-refractivity contribution is 8.00. The highest BCUT2D eigenvalue weighted by atomic mass is 32.2. The molecule has 0 fully saturated rings. The first-order valence-electron chi connectivity index (χ1n) is 10.6. The maximum Gasteiger partial charge on any atom is 0.237 e. The number of nitrogens with zero attached hydrogens (tertiary/aromatic N) is 5. The van der Waals surface area contributed by atoms with Gasteiger partial charge in [-0.15, -0.1) is 10.2 Å². The van der Waals surface area contributed by atoms with Crippen LogP contribution in [0, 0.1) is 0 Å². The summed E-state index contributed by atoms with van der Waals surface area (Å²) in [6, 6.07) is 21.7. The van der Waals surface area contributed by atoms with Gasteiger partial charge in [-0.1, -0.05) is 42.1 Å². The van der Waals surface area contributed by atoms with E-state index in [9.17, 15) is 4.79 Å². The summed E-state index contributed by atoms with van der Waals surface area (Å²) in [7, 11) is 3.97. The van der Waals surface area contributed by atoms with Crippen LogP contribution in [-0.2, 0) is 11.3 Å². The predicted octanol–water partition coefficient (Wildman–Crippen LogP) is 4.57. The Morgan fingerprint density at radius 1 is 1.03 bits per heavy atom. The fourth-order valence-electron chi connectivity index (χ4n) is 3.29. The molecule has 1 amide bonds. The topological polar surface area (TPSA) is 75.9 Å².